The zero-order valence-corrected chi connectivity index (χ0v) is 12.6. The minimum Gasteiger partial charge on any atom is -0.465 e. The number of ether oxygens (including phenoxy) is 2. The molecule has 0 aliphatic heterocycles. The van der Waals surface area contributed by atoms with Crippen LogP contribution in [0, 0.1) is 5.92 Å². The van der Waals surface area contributed by atoms with E-state index in [0.717, 1.165) is 24.8 Å². The van der Waals surface area contributed by atoms with Crippen LogP contribution < -0.4 is 0 Å². The van der Waals surface area contributed by atoms with Gasteiger partial charge in [-0.15, -0.1) is 0 Å². The fraction of sp³-hybridized carbons (Fsp3) is 0.588. The van der Waals surface area contributed by atoms with E-state index >= 15 is 0 Å². The number of esters is 1. The molecule has 110 valence electrons. The Morgan fingerprint density at radius 1 is 1.35 bits per heavy atom. The lowest BCUT2D eigenvalue weighted by Crippen LogP contribution is -2.45. The first-order valence-electron chi connectivity index (χ1n) is 7.36. The van der Waals surface area contributed by atoms with Gasteiger partial charge in [0.25, 0.3) is 0 Å². The van der Waals surface area contributed by atoms with Gasteiger partial charge in [0.15, 0.2) is 0 Å². The van der Waals surface area contributed by atoms with Gasteiger partial charge in [0.1, 0.15) is 5.41 Å². The topological polar surface area (TPSA) is 35.5 Å². The SMILES string of the molecule is COC1CCCC1(C(=O)OCC(C)C)c1ccccc1. The molecule has 0 spiro atoms. The van der Waals surface area contributed by atoms with E-state index in [0.29, 0.717) is 12.5 Å². The van der Waals surface area contributed by atoms with Crippen molar-refractivity contribution in [2.75, 3.05) is 13.7 Å². The van der Waals surface area contributed by atoms with E-state index in [9.17, 15) is 4.79 Å². The minimum atomic E-state index is -0.634. The van der Waals surface area contributed by atoms with Gasteiger partial charge >= 0.3 is 5.97 Å². The number of benzene rings is 1. The molecule has 1 aliphatic rings. The van der Waals surface area contributed by atoms with Gasteiger partial charge in [0.05, 0.1) is 12.7 Å². The van der Waals surface area contributed by atoms with Crippen molar-refractivity contribution in [1.29, 1.82) is 0 Å². The largest absolute Gasteiger partial charge is 0.465 e. The van der Waals surface area contributed by atoms with E-state index in [-0.39, 0.29) is 12.1 Å². The molecule has 0 saturated heterocycles. The highest BCUT2D eigenvalue weighted by Gasteiger charge is 2.52. The van der Waals surface area contributed by atoms with Crippen LogP contribution in [0.5, 0.6) is 0 Å². The van der Waals surface area contributed by atoms with E-state index < -0.39 is 5.41 Å². The summed E-state index contributed by atoms with van der Waals surface area (Å²) >= 11 is 0. The Kier molecular flexibility index (Phi) is 4.81. The van der Waals surface area contributed by atoms with Gasteiger partial charge < -0.3 is 9.47 Å². The van der Waals surface area contributed by atoms with Gasteiger partial charge in [-0.05, 0) is 30.7 Å². The first kappa shape index (κ1) is 15.0. The zero-order chi connectivity index (χ0) is 14.6. The molecule has 1 saturated carbocycles. The second kappa shape index (κ2) is 6.40. The normalized spacial score (nSPS) is 25.9. The molecule has 0 heterocycles. The van der Waals surface area contributed by atoms with Crippen molar-refractivity contribution in [1.82, 2.24) is 0 Å². The summed E-state index contributed by atoms with van der Waals surface area (Å²) in [5.41, 5.74) is 0.378. The Bertz CT molecular complexity index is 441. The molecule has 0 bridgehead atoms. The highest BCUT2D eigenvalue weighted by molar-refractivity contribution is 5.84. The van der Waals surface area contributed by atoms with Gasteiger partial charge in [-0.25, -0.2) is 0 Å². The molecule has 20 heavy (non-hydrogen) atoms. The summed E-state index contributed by atoms with van der Waals surface area (Å²) in [4.78, 5) is 12.7. The molecule has 2 rings (SSSR count). The number of methoxy groups -OCH3 is 1. The maximum Gasteiger partial charge on any atom is 0.319 e. The minimum absolute atomic E-state index is 0.0930. The van der Waals surface area contributed by atoms with Crippen molar-refractivity contribution in [2.24, 2.45) is 5.92 Å². The van der Waals surface area contributed by atoms with E-state index in [1.54, 1.807) is 7.11 Å². The molecule has 1 aliphatic carbocycles. The number of hydrogen-bond acceptors (Lipinski definition) is 3. The van der Waals surface area contributed by atoms with Gasteiger partial charge in [-0.3, -0.25) is 4.79 Å². The van der Waals surface area contributed by atoms with Crippen molar-refractivity contribution < 1.29 is 14.3 Å². The molecular formula is C17H24O3. The van der Waals surface area contributed by atoms with E-state index in [1.807, 2.05) is 44.2 Å². The van der Waals surface area contributed by atoms with Crippen molar-refractivity contribution in [3.05, 3.63) is 35.9 Å². The van der Waals surface area contributed by atoms with Crippen molar-refractivity contribution in [3.8, 4) is 0 Å². The maximum absolute atomic E-state index is 12.7. The van der Waals surface area contributed by atoms with Crippen LogP contribution in [0.4, 0.5) is 0 Å². The quantitative estimate of drug-likeness (QED) is 0.774. The first-order valence-corrected chi connectivity index (χ1v) is 7.36. The van der Waals surface area contributed by atoms with Gasteiger partial charge in [0.2, 0.25) is 0 Å². The number of carbonyl (C=O) groups excluding carboxylic acids is 1. The fourth-order valence-corrected chi connectivity index (χ4v) is 3.08. The summed E-state index contributed by atoms with van der Waals surface area (Å²) in [7, 11) is 1.68. The predicted octanol–water partition coefficient (Wildman–Crippen LogP) is 3.32. The molecule has 1 fully saturated rings. The maximum atomic E-state index is 12.7. The fourth-order valence-electron chi connectivity index (χ4n) is 3.08. The predicted molar refractivity (Wildman–Crippen MR) is 78.6 cm³/mol. The van der Waals surface area contributed by atoms with Crippen LogP contribution in [0.3, 0.4) is 0 Å². The summed E-state index contributed by atoms with van der Waals surface area (Å²) in [6.45, 7) is 4.56. The number of carbonyl (C=O) groups is 1. The molecular weight excluding hydrogens is 252 g/mol. The van der Waals surface area contributed by atoms with E-state index in [4.69, 9.17) is 9.47 Å². The van der Waals surface area contributed by atoms with Crippen molar-refractivity contribution in [3.63, 3.8) is 0 Å². The summed E-state index contributed by atoms with van der Waals surface area (Å²) in [5, 5.41) is 0. The average molecular weight is 276 g/mol. The number of hydrogen-bond donors (Lipinski definition) is 0. The third-order valence-electron chi connectivity index (χ3n) is 4.07. The number of rotatable bonds is 5. The van der Waals surface area contributed by atoms with Gasteiger partial charge in [0, 0.05) is 7.11 Å². The molecule has 3 nitrogen and oxygen atoms in total. The van der Waals surface area contributed by atoms with Gasteiger partial charge in [-0.2, -0.15) is 0 Å². The van der Waals surface area contributed by atoms with Crippen LogP contribution >= 0.6 is 0 Å². The summed E-state index contributed by atoms with van der Waals surface area (Å²) in [6.07, 6.45) is 2.60. The molecule has 2 unspecified atom stereocenters. The lowest BCUT2D eigenvalue weighted by atomic mass is 9.77. The van der Waals surface area contributed by atoms with Crippen LogP contribution in [-0.4, -0.2) is 25.8 Å². The molecule has 1 aromatic carbocycles. The van der Waals surface area contributed by atoms with Crippen LogP contribution in [0.2, 0.25) is 0 Å². The lowest BCUT2D eigenvalue weighted by Gasteiger charge is -2.33. The molecule has 0 radical (unpaired) electrons. The standard InChI is InChI=1S/C17H24O3/c1-13(2)12-20-16(18)17(11-7-10-15(17)19-3)14-8-5-4-6-9-14/h4-6,8-9,13,15H,7,10-12H2,1-3H3. The Morgan fingerprint density at radius 3 is 2.65 bits per heavy atom. The summed E-state index contributed by atoms with van der Waals surface area (Å²) < 4.78 is 11.2. The second-order valence-electron chi connectivity index (χ2n) is 5.95. The third kappa shape index (κ3) is 2.73. The molecule has 2 atom stereocenters. The lowest BCUT2D eigenvalue weighted by molar-refractivity contribution is -0.156. The highest BCUT2D eigenvalue weighted by Crippen LogP contribution is 2.43. The Morgan fingerprint density at radius 2 is 2.05 bits per heavy atom. The van der Waals surface area contributed by atoms with Crippen LogP contribution in [-0.2, 0) is 19.7 Å². The second-order valence-corrected chi connectivity index (χ2v) is 5.95. The van der Waals surface area contributed by atoms with Crippen LogP contribution in [0.15, 0.2) is 30.3 Å². The van der Waals surface area contributed by atoms with Crippen molar-refractivity contribution in [2.45, 2.75) is 44.6 Å². The smallest absolute Gasteiger partial charge is 0.319 e. The van der Waals surface area contributed by atoms with Crippen molar-refractivity contribution >= 4 is 5.97 Å². The molecule has 0 aromatic heterocycles. The zero-order valence-electron chi connectivity index (χ0n) is 12.6. The monoisotopic (exact) mass is 276 g/mol. The molecule has 0 N–H and O–H groups in total. The average Bonchev–Trinajstić information content (AvgIpc) is 2.90. The first-order chi connectivity index (χ1) is 9.61. The molecule has 3 heteroatoms. The van der Waals surface area contributed by atoms with Crippen LogP contribution in [0.25, 0.3) is 0 Å². The Hall–Kier alpha value is -1.35. The summed E-state index contributed by atoms with van der Waals surface area (Å²) in [5.74, 6) is 0.205. The Balaban J connectivity index is 2.32. The molecule has 0 amide bonds. The Labute approximate surface area is 121 Å². The van der Waals surface area contributed by atoms with E-state index in [2.05, 4.69) is 0 Å². The molecule has 1 aromatic rings. The van der Waals surface area contributed by atoms with Gasteiger partial charge in [-0.1, -0.05) is 44.2 Å². The highest BCUT2D eigenvalue weighted by atomic mass is 16.5. The van der Waals surface area contributed by atoms with Crippen LogP contribution in [0.1, 0.15) is 38.7 Å². The van der Waals surface area contributed by atoms with E-state index in [1.165, 1.54) is 0 Å². The third-order valence-corrected chi connectivity index (χ3v) is 4.07. The summed E-state index contributed by atoms with van der Waals surface area (Å²) in [6, 6.07) is 9.92.